The number of anilines is 1. The van der Waals surface area contributed by atoms with E-state index >= 15 is 0 Å². The molecule has 158 valence electrons. The molecule has 3 heterocycles. The zero-order valence-electron chi connectivity index (χ0n) is 17.7. The van der Waals surface area contributed by atoms with Crippen LogP contribution in [0.3, 0.4) is 0 Å². The summed E-state index contributed by atoms with van der Waals surface area (Å²) in [7, 11) is 0. The van der Waals surface area contributed by atoms with Gasteiger partial charge >= 0.3 is 6.03 Å². The molecule has 2 atom stereocenters. The van der Waals surface area contributed by atoms with Gasteiger partial charge in [-0.3, -0.25) is 9.69 Å². The Balaban J connectivity index is 1.58. The molecule has 7 heteroatoms. The lowest BCUT2D eigenvalue weighted by Crippen LogP contribution is -2.47. The third-order valence-electron chi connectivity index (χ3n) is 6.03. The van der Waals surface area contributed by atoms with Crippen molar-refractivity contribution in [2.75, 3.05) is 57.4 Å². The summed E-state index contributed by atoms with van der Waals surface area (Å²) in [5, 5.41) is 2.84. The lowest BCUT2D eigenvalue weighted by molar-refractivity contribution is 0.0418. The van der Waals surface area contributed by atoms with Gasteiger partial charge in [0.05, 0.1) is 19.3 Å². The molecular formula is C22H32N4O3. The van der Waals surface area contributed by atoms with E-state index in [1.165, 1.54) is 0 Å². The Morgan fingerprint density at radius 3 is 2.79 bits per heavy atom. The van der Waals surface area contributed by atoms with Gasteiger partial charge in [-0.1, -0.05) is 19.9 Å². The number of nitrogens with one attached hydrogen (secondary N) is 1. The average molecular weight is 401 g/mol. The largest absolute Gasteiger partial charge is 0.379 e. The van der Waals surface area contributed by atoms with Crippen LogP contribution in [0.15, 0.2) is 18.2 Å². The molecule has 0 unspecified atom stereocenters. The van der Waals surface area contributed by atoms with Crippen LogP contribution in [0.4, 0.5) is 10.5 Å². The second-order valence-electron chi connectivity index (χ2n) is 9.01. The topological polar surface area (TPSA) is 65.1 Å². The summed E-state index contributed by atoms with van der Waals surface area (Å²) in [4.78, 5) is 31.9. The van der Waals surface area contributed by atoms with Gasteiger partial charge < -0.3 is 19.9 Å². The highest BCUT2D eigenvalue weighted by Gasteiger charge is 2.36. The fraction of sp³-hybridized carbons (Fsp3) is 0.636. The minimum absolute atomic E-state index is 0.0396. The summed E-state index contributed by atoms with van der Waals surface area (Å²) in [5.74, 6) is 0.974. The molecule has 3 saturated heterocycles. The number of amides is 3. The minimum atomic E-state index is -0.0962. The van der Waals surface area contributed by atoms with Crippen molar-refractivity contribution in [2.45, 2.75) is 26.8 Å². The molecule has 29 heavy (non-hydrogen) atoms. The maximum atomic E-state index is 13.5. The summed E-state index contributed by atoms with van der Waals surface area (Å²) in [6, 6.07) is 5.68. The zero-order chi connectivity index (χ0) is 20.5. The third kappa shape index (κ3) is 4.26. The number of hydrogen-bond donors (Lipinski definition) is 1. The van der Waals surface area contributed by atoms with E-state index in [1.807, 2.05) is 30.0 Å². The average Bonchev–Trinajstić information content (AvgIpc) is 2.88. The maximum absolute atomic E-state index is 13.5. The highest BCUT2D eigenvalue weighted by Crippen LogP contribution is 2.27. The highest BCUT2D eigenvalue weighted by atomic mass is 16.5. The highest BCUT2D eigenvalue weighted by molar-refractivity contribution is 5.99. The number of aryl methyl sites for hydroxylation is 1. The summed E-state index contributed by atoms with van der Waals surface area (Å²) in [6.45, 7) is 12.6. The van der Waals surface area contributed by atoms with E-state index in [9.17, 15) is 9.59 Å². The Hall–Kier alpha value is -2.12. The first-order chi connectivity index (χ1) is 13.9. The van der Waals surface area contributed by atoms with E-state index in [0.29, 0.717) is 43.7 Å². The molecule has 3 aliphatic rings. The van der Waals surface area contributed by atoms with E-state index in [4.69, 9.17) is 4.74 Å². The first-order valence-corrected chi connectivity index (χ1v) is 10.7. The Morgan fingerprint density at radius 2 is 2.07 bits per heavy atom. The molecule has 0 aliphatic carbocycles. The number of urea groups is 1. The Morgan fingerprint density at radius 1 is 1.24 bits per heavy atom. The number of fused-ring (bicyclic) bond motifs is 3. The lowest BCUT2D eigenvalue weighted by Gasteiger charge is -2.32. The van der Waals surface area contributed by atoms with Gasteiger partial charge in [-0.25, -0.2) is 4.79 Å². The Kier molecular flexibility index (Phi) is 5.79. The quantitative estimate of drug-likeness (QED) is 0.839. The predicted octanol–water partition coefficient (Wildman–Crippen LogP) is 1.95. The van der Waals surface area contributed by atoms with E-state index in [2.05, 4.69) is 24.1 Å². The van der Waals surface area contributed by atoms with Crippen molar-refractivity contribution in [3.63, 3.8) is 0 Å². The summed E-state index contributed by atoms with van der Waals surface area (Å²) >= 11 is 0. The Labute approximate surface area is 173 Å². The molecule has 2 bridgehead atoms. The van der Waals surface area contributed by atoms with Crippen LogP contribution in [0.1, 0.15) is 29.8 Å². The van der Waals surface area contributed by atoms with Gasteiger partial charge in [0.25, 0.3) is 5.91 Å². The Bertz CT molecular complexity index is 781. The zero-order valence-corrected chi connectivity index (χ0v) is 17.7. The van der Waals surface area contributed by atoms with Crippen LogP contribution in [0.2, 0.25) is 0 Å². The molecule has 3 fully saturated rings. The molecule has 7 nitrogen and oxygen atoms in total. The molecule has 1 N–H and O–H groups in total. The molecule has 0 spiro atoms. The van der Waals surface area contributed by atoms with Crippen LogP contribution in [0, 0.1) is 18.8 Å². The van der Waals surface area contributed by atoms with Crippen molar-refractivity contribution in [1.29, 1.82) is 0 Å². The van der Waals surface area contributed by atoms with Crippen LogP contribution >= 0.6 is 0 Å². The fourth-order valence-electron chi connectivity index (χ4n) is 4.75. The molecule has 1 aromatic carbocycles. The second kappa shape index (κ2) is 8.32. The predicted molar refractivity (Wildman–Crippen MR) is 112 cm³/mol. The second-order valence-corrected chi connectivity index (χ2v) is 9.01. The number of benzene rings is 1. The van der Waals surface area contributed by atoms with Crippen LogP contribution in [0.5, 0.6) is 0 Å². The monoisotopic (exact) mass is 400 g/mol. The van der Waals surface area contributed by atoms with E-state index in [1.54, 1.807) is 4.90 Å². The maximum Gasteiger partial charge on any atom is 0.322 e. The van der Waals surface area contributed by atoms with Crippen molar-refractivity contribution in [3.8, 4) is 0 Å². The van der Waals surface area contributed by atoms with Crippen molar-refractivity contribution in [3.05, 3.63) is 29.3 Å². The van der Waals surface area contributed by atoms with Gasteiger partial charge in [0.1, 0.15) is 0 Å². The molecule has 4 rings (SSSR count). The van der Waals surface area contributed by atoms with Gasteiger partial charge in [-0.05, 0) is 30.5 Å². The van der Waals surface area contributed by atoms with Gasteiger partial charge in [0.2, 0.25) is 0 Å². The number of hydrogen-bond acceptors (Lipinski definition) is 4. The SMILES string of the molecule is Cc1ccc(C(=O)N2C[C@H]3COC[C@@H]2CN(CC(C)C)C3)cc1N1CCNC1=O. The third-order valence-corrected chi connectivity index (χ3v) is 6.03. The first-order valence-electron chi connectivity index (χ1n) is 10.7. The molecule has 0 radical (unpaired) electrons. The normalized spacial score (nSPS) is 25.3. The fourth-order valence-corrected chi connectivity index (χ4v) is 4.75. The van der Waals surface area contributed by atoms with Gasteiger partial charge in [0, 0.05) is 56.4 Å². The van der Waals surface area contributed by atoms with Crippen molar-refractivity contribution in [2.24, 2.45) is 11.8 Å². The van der Waals surface area contributed by atoms with E-state index in [-0.39, 0.29) is 18.0 Å². The summed E-state index contributed by atoms with van der Waals surface area (Å²) in [6.07, 6.45) is 0. The van der Waals surface area contributed by atoms with Gasteiger partial charge in [0.15, 0.2) is 0 Å². The number of carbonyl (C=O) groups is 2. The lowest BCUT2D eigenvalue weighted by atomic mass is 10.1. The van der Waals surface area contributed by atoms with Crippen LogP contribution < -0.4 is 10.2 Å². The van der Waals surface area contributed by atoms with Crippen molar-refractivity contribution < 1.29 is 14.3 Å². The number of ether oxygens (including phenoxy) is 1. The summed E-state index contributed by atoms with van der Waals surface area (Å²) < 4.78 is 5.89. The molecule has 3 aliphatic heterocycles. The van der Waals surface area contributed by atoms with Crippen LogP contribution in [-0.4, -0.2) is 80.3 Å². The molecule has 0 aromatic heterocycles. The van der Waals surface area contributed by atoms with Crippen LogP contribution in [-0.2, 0) is 4.74 Å². The van der Waals surface area contributed by atoms with E-state index < -0.39 is 0 Å². The standard InChI is InChI=1S/C22H32N4O3/c1-15(2)9-24-10-17-11-26(19(12-24)14-29-13-17)21(27)18-5-4-16(3)20(8-18)25-7-6-23-22(25)28/h4-5,8,15,17,19H,6-7,9-14H2,1-3H3,(H,23,28)/t17-,19-/m0/s1. The van der Waals surface area contributed by atoms with Crippen LogP contribution in [0.25, 0.3) is 0 Å². The van der Waals surface area contributed by atoms with Crippen molar-refractivity contribution in [1.82, 2.24) is 15.1 Å². The van der Waals surface area contributed by atoms with Gasteiger partial charge in [-0.2, -0.15) is 0 Å². The van der Waals surface area contributed by atoms with E-state index in [0.717, 1.165) is 37.4 Å². The molecule has 1 aromatic rings. The van der Waals surface area contributed by atoms with Gasteiger partial charge in [-0.15, -0.1) is 0 Å². The molecule has 3 amide bonds. The number of carbonyl (C=O) groups excluding carboxylic acids is 2. The summed E-state index contributed by atoms with van der Waals surface area (Å²) in [5.41, 5.74) is 2.47. The minimum Gasteiger partial charge on any atom is -0.379 e. The first kappa shape index (κ1) is 20.2. The molecule has 0 saturated carbocycles. The number of rotatable bonds is 4. The number of nitrogens with zero attached hydrogens (tertiary/aromatic N) is 3. The smallest absolute Gasteiger partial charge is 0.322 e. The molecular weight excluding hydrogens is 368 g/mol. The van der Waals surface area contributed by atoms with Crippen molar-refractivity contribution >= 4 is 17.6 Å².